The van der Waals surface area contributed by atoms with Gasteiger partial charge < -0.3 is 15.5 Å². The number of aromatic hydroxyl groups is 1. The van der Waals surface area contributed by atoms with Crippen molar-refractivity contribution in [3.8, 4) is 5.75 Å². The van der Waals surface area contributed by atoms with Crippen molar-refractivity contribution in [2.45, 2.75) is 13.3 Å². The third-order valence-electron chi connectivity index (χ3n) is 2.35. The lowest BCUT2D eigenvalue weighted by Crippen LogP contribution is -1.97. The smallest absolute Gasteiger partial charge is 0.347 e. The van der Waals surface area contributed by atoms with E-state index in [0.717, 1.165) is 17.0 Å². The van der Waals surface area contributed by atoms with Gasteiger partial charge in [0.2, 0.25) is 0 Å². The summed E-state index contributed by atoms with van der Waals surface area (Å²) < 4.78 is 0. The molecule has 2 rings (SSSR count). The van der Waals surface area contributed by atoms with Crippen LogP contribution in [-0.2, 0) is 6.42 Å². The summed E-state index contributed by atoms with van der Waals surface area (Å²) in [7, 11) is 0. The van der Waals surface area contributed by atoms with E-state index in [4.69, 9.17) is 10.2 Å². The highest BCUT2D eigenvalue weighted by molar-refractivity contribution is 7.17. The summed E-state index contributed by atoms with van der Waals surface area (Å²) >= 11 is 1.11. The van der Waals surface area contributed by atoms with Crippen molar-refractivity contribution in [2.75, 3.05) is 5.32 Å². The third kappa shape index (κ3) is 2.60. The largest absolute Gasteiger partial charge is 0.508 e. The molecule has 6 heteroatoms. The zero-order valence-corrected chi connectivity index (χ0v) is 10.5. The maximum Gasteiger partial charge on any atom is 0.347 e. The van der Waals surface area contributed by atoms with Gasteiger partial charge in [-0.2, -0.15) is 0 Å². The Balaban J connectivity index is 2.24. The molecule has 0 radical (unpaired) electrons. The van der Waals surface area contributed by atoms with Crippen molar-refractivity contribution in [1.82, 2.24) is 4.98 Å². The van der Waals surface area contributed by atoms with Crippen molar-refractivity contribution in [2.24, 2.45) is 0 Å². The lowest BCUT2D eigenvalue weighted by atomic mass is 10.3. The summed E-state index contributed by atoms with van der Waals surface area (Å²) in [5.41, 5.74) is 1.33. The second-order valence-electron chi connectivity index (χ2n) is 3.63. The van der Waals surface area contributed by atoms with Crippen LogP contribution in [0.3, 0.4) is 0 Å². The second kappa shape index (κ2) is 5.05. The van der Waals surface area contributed by atoms with Crippen LogP contribution in [0, 0.1) is 0 Å². The highest BCUT2D eigenvalue weighted by Crippen LogP contribution is 2.27. The van der Waals surface area contributed by atoms with Crippen LogP contribution >= 0.6 is 11.3 Å². The topological polar surface area (TPSA) is 82.5 Å². The fourth-order valence-electron chi connectivity index (χ4n) is 1.48. The van der Waals surface area contributed by atoms with E-state index < -0.39 is 5.97 Å². The Morgan fingerprint density at radius 3 is 2.56 bits per heavy atom. The quantitative estimate of drug-likeness (QED) is 0.740. The highest BCUT2D eigenvalue weighted by Gasteiger charge is 2.15. The summed E-state index contributed by atoms with van der Waals surface area (Å²) in [6.07, 6.45) is 0.579. The molecule has 0 amide bonds. The minimum atomic E-state index is -0.955. The van der Waals surface area contributed by atoms with Crippen LogP contribution in [0.15, 0.2) is 24.3 Å². The van der Waals surface area contributed by atoms with Crippen molar-refractivity contribution >= 4 is 28.1 Å². The Bertz CT molecular complexity index is 563. The van der Waals surface area contributed by atoms with Gasteiger partial charge in [-0.3, -0.25) is 0 Å². The minimum absolute atomic E-state index is 0.181. The summed E-state index contributed by atoms with van der Waals surface area (Å²) in [4.78, 5) is 15.5. The Kier molecular flexibility index (Phi) is 3.47. The number of aromatic carboxylic acids is 1. The predicted octanol–water partition coefficient (Wildman–Crippen LogP) is 2.85. The van der Waals surface area contributed by atoms with Gasteiger partial charge in [0.15, 0.2) is 5.13 Å². The van der Waals surface area contributed by atoms with Gasteiger partial charge in [-0.25, -0.2) is 9.78 Å². The van der Waals surface area contributed by atoms with Crippen molar-refractivity contribution < 1.29 is 15.0 Å². The van der Waals surface area contributed by atoms with Crippen LogP contribution in [0.5, 0.6) is 5.75 Å². The predicted molar refractivity (Wildman–Crippen MR) is 69.8 cm³/mol. The molecule has 0 aliphatic rings. The normalized spacial score (nSPS) is 10.3. The first kappa shape index (κ1) is 12.4. The van der Waals surface area contributed by atoms with Crippen LogP contribution < -0.4 is 5.32 Å². The number of aryl methyl sites for hydroxylation is 1. The molecule has 94 valence electrons. The molecule has 18 heavy (non-hydrogen) atoms. The van der Waals surface area contributed by atoms with E-state index in [9.17, 15) is 4.79 Å². The van der Waals surface area contributed by atoms with Crippen molar-refractivity contribution in [3.63, 3.8) is 0 Å². The molecule has 2 aromatic rings. The monoisotopic (exact) mass is 264 g/mol. The number of carbonyl (C=O) groups is 1. The van der Waals surface area contributed by atoms with E-state index in [1.165, 1.54) is 0 Å². The summed E-state index contributed by atoms with van der Waals surface area (Å²) in [6, 6.07) is 6.50. The average Bonchev–Trinajstić information content (AvgIpc) is 2.75. The maximum absolute atomic E-state index is 11.0. The Morgan fingerprint density at radius 1 is 1.39 bits per heavy atom. The van der Waals surface area contributed by atoms with Crippen LogP contribution in [0.25, 0.3) is 0 Å². The number of rotatable bonds is 4. The molecule has 5 nitrogen and oxygen atoms in total. The molecule has 1 aromatic heterocycles. The molecule has 3 N–H and O–H groups in total. The van der Waals surface area contributed by atoms with Gasteiger partial charge in [-0.05, 0) is 30.7 Å². The Morgan fingerprint density at radius 2 is 2.06 bits per heavy atom. The SMILES string of the molecule is CCc1nc(Nc2ccc(O)cc2)sc1C(=O)O. The number of carboxylic acids is 1. The van der Waals surface area contributed by atoms with Crippen LogP contribution in [0.1, 0.15) is 22.3 Å². The number of hydrogen-bond donors (Lipinski definition) is 3. The van der Waals surface area contributed by atoms with Gasteiger partial charge in [0.1, 0.15) is 10.6 Å². The second-order valence-corrected chi connectivity index (χ2v) is 4.62. The average molecular weight is 264 g/mol. The standard InChI is InChI=1S/C12H12N2O3S/c1-2-9-10(11(16)17)18-12(14-9)13-7-3-5-8(15)6-4-7/h3-6,15H,2H2,1H3,(H,13,14)(H,16,17). The zero-order chi connectivity index (χ0) is 13.1. The number of benzene rings is 1. The van der Waals surface area contributed by atoms with E-state index in [1.54, 1.807) is 24.3 Å². The van der Waals surface area contributed by atoms with Crippen molar-refractivity contribution in [3.05, 3.63) is 34.8 Å². The molecule has 0 saturated heterocycles. The number of anilines is 2. The first-order valence-electron chi connectivity index (χ1n) is 5.39. The first-order valence-corrected chi connectivity index (χ1v) is 6.21. The van der Waals surface area contributed by atoms with Crippen LogP contribution in [0.4, 0.5) is 10.8 Å². The molecule has 0 spiro atoms. The van der Waals surface area contributed by atoms with Gasteiger partial charge in [0.25, 0.3) is 0 Å². The van der Waals surface area contributed by atoms with Gasteiger partial charge >= 0.3 is 5.97 Å². The summed E-state index contributed by atoms with van der Waals surface area (Å²) in [6.45, 7) is 1.87. The van der Waals surface area contributed by atoms with E-state index in [-0.39, 0.29) is 10.6 Å². The first-order chi connectivity index (χ1) is 8.60. The molecule has 0 aliphatic heterocycles. The van der Waals surface area contributed by atoms with Gasteiger partial charge in [-0.1, -0.05) is 18.3 Å². The molecular formula is C12H12N2O3S. The van der Waals surface area contributed by atoms with E-state index in [0.29, 0.717) is 17.2 Å². The van der Waals surface area contributed by atoms with Gasteiger partial charge in [0.05, 0.1) is 5.69 Å². The molecular weight excluding hydrogens is 252 g/mol. The number of phenols is 1. The van der Waals surface area contributed by atoms with Crippen LogP contribution in [-0.4, -0.2) is 21.2 Å². The summed E-state index contributed by atoms with van der Waals surface area (Å²) in [5, 5.41) is 21.7. The molecule has 0 unspecified atom stereocenters. The molecule has 1 heterocycles. The van der Waals surface area contributed by atoms with Crippen molar-refractivity contribution in [1.29, 1.82) is 0 Å². The molecule has 0 atom stereocenters. The molecule has 1 aromatic carbocycles. The highest BCUT2D eigenvalue weighted by atomic mass is 32.1. The fraction of sp³-hybridized carbons (Fsp3) is 0.167. The fourth-order valence-corrected chi connectivity index (χ4v) is 2.39. The minimum Gasteiger partial charge on any atom is -0.508 e. The number of phenolic OH excluding ortho intramolecular Hbond substituents is 1. The van der Waals surface area contributed by atoms with Gasteiger partial charge in [0, 0.05) is 5.69 Å². The molecule has 0 aliphatic carbocycles. The maximum atomic E-state index is 11.0. The van der Waals surface area contributed by atoms with Crippen LogP contribution in [0.2, 0.25) is 0 Å². The third-order valence-corrected chi connectivity index (χ3v) is 3.35. The number of hydrogen-bond acceptors (Lipinski definition) is 5. The van der Waals surface area contributed by atoms with E-state index in [1.807, 2.05) is 6.92 Å². The zero-order valence-electron chi connectivity index (χ0n) is 9.67. The summed E-state index contributed by atoms with van der Waals surface area (Å²) in [5.74, 6) is -0.775. The molecule has 0 fully saturated rings. The van der Waals surface area contributed by atoms with E-state index >= 15 is 0 Å². The molecule has 0 bridgehead atoms. The number of thiazole rings is 1. The number of nitrogens with one attached hydrogen (secondary N) is 1. The lowest BCUT2D eigenvalue weighted by molar-refractivity contribution is 0.0701. The lowest BCUT2D eigenvalue weighted by Gasteiger charge is -2.01. The Labute approximate surface area is 108 Å². The Hall–Kier alpha value is -2.08. The number of carboxylic acid groups (broad SMARTS) is 1. The molecule has 0 saturated carbocycles. The van der Waals surface area contributed by atoms with E-state index in [2.05, 4.69) is 10.3 Å². The number of nitrogens with zero attached hydrogens (tertiary/aromatic N) is 1. The van der Waals surface area contributed by atoms with Gasteiger partial charge in [-0.15, -0.1) is 0 Å². The number of aromatic nitrogens is 1.